The van der Waals surface area contributed by atoms with E-state index >= 15 is 0 Å². The van der Waals surface area contributed by atoms with E-state index in [1.54, 1.807) is 0 Å². The number of halogens is 1. The van der Waals surface area contributed by atoms with Gasteiger partial charge in [0.05, 0.1) is 12.2 Å². The Morgan fingerprint density at radius 1 is 1.22 bits per heavy atom. The molecule has 4 rings (SSSR count). The first-order chi connectivity index (χ1) is 10.8. The molecule has 0 heterocycles. The highest BCUT2D eigenvalue weighted by atomic mass is 19.1. The molecule has 0 aromatic carbocycles. The zero-order chi connectivity index (χ0) is 16.6. The Bertz CT molecular complexity index is 588. The van der Waals surface area contributed by atoms with Gasteiger partial charge in [0.1, 0.15) is 5.83 Å². The van der Waals surface area contributed by atoms with Gasteiger partial charge in [0.15, 0.2) is 0 Å². The van der Waals surface area contributed by atoms with E-state index in [9.17, 15) is 14.6 Å². The summed E-state index contributed by atoms with van der Waals surface area (Å²) >= 11 is 0. The molecule has 1 unspecified atom stereocenters. The Balaban J connectivity index is 1.73. The van der Waals surface area contributed by atoms with Crippen LogP contribution in [0.25, 0.3) is 0 Å². The van der Waals surface area contributed by atoms with E-state index in [-0.39, 0.29) is 28.5 Å². The van der Waals surface area contributed by atoms with Crippen molar-refractivity contribution in [1.29, 1.82) is 0 Å². The van der Waals surface area contributed by atoms with Crippen LogP contribution in [0.4, 0.5) is 4.39 Å². The van der Waals surface area contributed by atoms with Crippen LogP contribution in [0, 0.1) is 34.5 Å². The van der Waals surface area contributed by atoms with Crippen LogP contribution in [0.5, 0.6) is 0 Å². The second-order valence-corrected chi connectivity index (χ2v) is 8.80. The van der Waals surface area contributed by atoms with E-state index in [0.717, 1.165) is 19.3 Å². The molecule has 0 aromatic rings. The van der Waals surface area contributed by atoms with Crippen LogP contribution in [0.1, 0.15) is 46.0 Å². The van der Waals surface area contributed by atoms with Gasteiger partial charge in [0.2, 0.25) is 0 Å². The van der Waals surface area contributed by atoms with Gasteiger partial charge in [0, 0.05) is 17.5 Å². The molecule has 2 saturated carbocycles. The number of aliphatic hydroxyl groups is 2. The van der Waals surface area contributed by atoms with Gasteiger partial charge in [-0.15, -0.1) is 0 Å². The lowest BCUT2D eigenvalue weighted by atomic mass is 9.45. The Morgan fingerprint density at radius 3 is 2.70 bits per heavy atom. The predicted octanol–water partition coefficient (Wildman–Crippen LogP) is 2.89. The summed E-state index contributed by atoms with van der Waals surface area (Å²) in [5, 5.41) is 20.9. The standard InChI is InChI=1S/C19H28FNO2/c1-18-5-3-11(22)7-10(18)8-15(23)16-12(18)4-6-19(2)13(16)9-14(20)17(19)21/h3,5,10-13,15-16,22-23H,4,6-9,21H2,1-2H3/t10?,11-,12-,13-,15-,16+,18-,19-/m0/s1. The molecule has 0 aliphatic heterocycles. The highest BCUT2D eigenvalue weighted by Gasteiger charge is 2.61. The fourth-order valence-electron chi connectivity index (χ4n) is 6.41. The van der Waals surface area contributed by atoms with Gasteiger partial charge < -0.3 is 15.9 Å². The topological polar surface area (TPSA) is 66.5 Å². The van der Waals surface area contributed by atoms with Crippen molar-refractivity contribution in [2.45, 2.75) is 58.2 Å². The summed E-state index contributed by atoms with van der Waals surface area (Å²) < 4.78 is 14.3. The molecule has 0 amide bonds. The van der Waals surface area contributed by atoms with Crippen molar-refractivity contribution in [3.8, 4) is 0 Å². The number of allylic oxidation sites excluding steroid dienone is 3. The molecule has 3 nitrogen and oxygen atoms in total. The van der Waals surface area contributed by atoms with Gasteiger partial charge in [-0.1, -0.05) is 26.0 Å². The lowest BCUT2D eigenvalue weighted by Gasteiger charge is -2.60. The molecule has 0 spiro atoms. The third kappa shape index (κ3) is 1.94. The van der Waals surface area contributed by atoms with E-state index in [0.29, 0.717) is 30.4 Å². The van der Waals surface area contributed by atoms with Crippen LogP contribution < -0.4 is 5.73 Å². The molecule has 8 atom stereocenters. The zero-order valence-corrected chi connectivity index (χ0v) is 14.0. The van der Waals surface area contributed by atoms with Crippen LogP contribution in [-0.4, -0.2) is 22.4 Å². The SMILES string of the molecule is C[C@]12C=C[C@H](O)CC1C[C@H](O)[C@@H]1[C@@H]2CC[C@]2(C)C(N)=C(F)C[C@@H]12. The molecule has 0 saturated heterocycles. The van der Waals surface area contributed by atoms with E-state index in [2.05, 4.69) is 19.9 Å². The molecule has 0 radical (unpaired) electrons. The molecular weight excluding hydrogens is 293 g/mol. The van der Waals surface area contributed by atoms with Crippen LogP contribution in [0.15, 0.2) is 23.7 Å². The first kappa shape index (κ1) is 15.6. The molecular formula is C19H28FNO2. The van der Waals surface area contributed by atoms with Gasteiger partial charge >= 0.3 is 0 Å². The molecule has 0 bridgehead atoms. The third-order valence-corrected chi connectivity index (χ3v) is 7.88. The summed E-state index contributed by atoms with van der Waals surface area (Å²) in [4.78, 5) is 0. The average molecular weight is 321 g/mol. The summed E-state index contributed by atoms with van der Waals surface area (Å²) in [6.07, 6.45) is 6.96. The van der Waals surface area contributed by atoms with Crippen LogP contribution in [-0.2, 0) is 0 Å². The number of aliphatic hydroxyl groups excluding tert-OH is 2. The second-order valence-electron chi connectivity index (χ2n) is 8.80. The van der Waals surface area contributed by atoms with E-state index in [1.807, 2.05) is 6.08 Å². The molecule has 4 aliphatic rings. The summed E-state index contributed by atoms with van der Waals surface area (Å²) in [6, 6.07) is 0. The van der Waals surface area contributed by atoms with Crippen molar-refractivity contribution in [2.75, 3.05) is 0 Å². The molecule has 4 aliphatic carbocycles. The van der Waals surface area contributed by atoms with Gasteiger partial charge in [-0.05, 0) is 54.8 Å². The Hall–Kier alpha value is -0.870. The predicted molar refractivity (Wildman–Crippen MR) is 86.7 cm³/mol. The molecule has 2 fully saturated rings. The molecule has 4 heteroatoms. The number of fused-ring (bicyclic) bond motifs is 5. The maximum absolute atomic E-state index is 14.3. The number of hydrogen-bond acceptors (Lipinski definition) is 3. The summed E-state index contributed by atoms with van der Waals surface area (Å²) in [5.74, 6) is 0.694. The van der Waals surface area contributed by atoms with E-state index in [1.165, 1.54) is 0 Å². The van der Waals surface area contributed by atoms with Crippen molar-refractivity contribution in [3.05, 3.63) is 23.7 Å². The van der Waals surface area contributed by atoms with Crippen LogP contribution in [0.3, 0.4) is 0 Å². The van der Waals surface area contributed by atoms with Crippen molar-refractivity contribution in [3.63, 3.8) is 0 Å². The van der Waals surface area contributed by atoms with Crippen molar-refractivity contribution in [2.24, 2.45) is 40.2 Å². The Labute approximate surface area is 137 Å². The van der Waals surface area contributed by atoms with E-state index < -0.39 is 12.2 Å². The summed E-state index contributed by atoms with van der Waals surface area (Å²) in [7, 11) is 0. The quantitative estimate of drug-likeness (QED) is 0.601. The Morgan fingerprint density at radius 2 is 1.96 bits per heavy atom. The first-order valence-corrected chi connectivity index (χ1v) is 8.97. The zero-order valence-electron chi connectivity index (χ0n) is 14.0. The van der Waals surface area contributed by atoms with Crippen molar-refractivity contribution in [1.82, 2.24) is 0 Å². The number of nitrogens with two attached hydrogens (primary N) is 1. The lowest BCUT2D eigenvalue weighted by molar-refractivity contribution is -0.134. The number of rotatable bonds is 0. The third-order valence-electron chi connectivity index (χ3n) is 7.88. The van der Waals surface area contributed by atoms with Gasteiger partial charge in [-0.3, -0.25) is 0 Å². The maximum atomic E-state index is 14.3. The lowest BCUT2D eigenvalue weighted by Crippen LogP contribution is -2.57. The fourth-order valence-corrected chi connectivity index (χ4v) is 6.41. The molecule has 128 valence electrons. The van der Waals surface area contributed by atoms with Gasteiger partial charge in [0.25, 0.3) is 0 Å². The highest BCUT2D eigenvalue weighted by Crippen LogP contribution is 2.65. The monoisotopic (exact) mass is 321 g/mol. The van der Waals surface area contributed by atoms with Gasteiger partial charge in [-0.25, -0.2) is 4.39 Å². The smallest absolute Gasteiger partial charge is 0.119 e. The largest absolute Gasteiger partial charge is 0.400 e. The highest BCUT2D eigenvalue weighted by molar-refractivity contribution is 5.28. The minimum atomic E-state index is -0.417. The minimum absolute atomic E-state index is 0.00170. The summed E-state index contributed by atoms with van der Waals surface area (Å²) in [5.41, 5.74) is 6.22. The molecule has 0 aromatic heterocycles. The van der Waals surface area contributed by atoms with Crippen LogP contribution >= 0.6 is 0 Å². The fraction of sp³-hybridized carbons (Fsp3) is 0.789. The molecule has 4 N–H and O–H groups in total. The first-order valence-electron chi connectivity index (χ1n) is 8.97. The van der Waals surface area contributed by atoms with Crippen molar-refractivity contribution >= 4 is 0 Å². The minimum Gasteiger partial charge on any atom is -0.400 e. The van der Waals surface area contributed by atoms with E-state index in [4.69, 9.17) is 5.73 Å². The average Bonchev–Trinajstić information content (AvgIpc) is 2.73. The molecule has 23 heavy (non-hydrogen) atoms. The Kier molecular flexibility index (Phi) is 3.28. The second kappa shape index (κ2) is 4.82. The summed E-state index contributed by atoms with van der Waals surface area (Å²) in [6.45, 7) is 4.35. The van der Waals surface area contributed by atoms with Crippen molar-refractivity contribution < 1.29 is 14.6 Å². The van der Waals surface area contributed by atoms with Gasteiger partial charge in [-0.2, -0.15) is 0 Å². The number of hydrogen-bond donors (Lipinski definition) is 3. The normalized spacial score (nSPS) is 55.3. The van der Waals surface area contributed by atoms with Crippen LogP contribution in [0.2, 0.25) is 0 Å². The maximum Gasteiger partial charge on any atom is 0.119 e.